The number of imide groups is 1. The summed E-state index contributed by atoms with van der Waals surface area (Å²) in [6.45, 7) is 2.22. The van der Waals surface area contributed by atoms with Gasteiger partial charge in [0.25, 0.3) is 11.8 Å². The number of hydrogen-bond acceptors (Lipinski definition) is 9. The second-order valence-corrected chi connectivity index (χ2v) is 8.88. The third-order valence-corrected chi connectivity index (χ3v) is 6.25. The first-order chi connectivity index (χ1) is 19.0. The predicted octanol–water partition coefficient (Wildman–Crippen LogP) is 2.57. The van der Waals surface area contributed by atoms with Gasteiger partial charge in [-0.05, 0) is 22.3 Å². The number of carbonyl (C=O) groups is 4. The molecule has 1 heterocycles. The van der Waals surface area contributed by atoms with Crippen molar-refractivity contribution in [2.45, 2.75) is 25.2 Å². The molecule has 39 heavy (non-hydrogen) atoms. The summed E-state index contributed by atoms with van der Waals surface area (Å²) in [7, 11) is 0. The number of ether oxygens (including phenoxy) is 4. The van der Waals surface area contributed by atoms with E-state index in [4.69, 9.17) is 23.8 Å². The number of hydrogen-bond donors (Lipinski definition) is 1. The number of hydroxylamine groups is 2. The highest BCUT2D eigenvalue weighted by atomic mass is 16.7. The Bertz CT molecular complexity index is 1110. The maximum absolute atomic E-state index is 12.2. The molecule has 0 aromatic heterocycles. The Labute approximate surface area is 226 Å². The minimum absolute atomic E-state index is 0.0145. The van der Waals surface area contributed by atoms with E-state index >= 15 is 0 Å². The summed E-state index contributed by atoms with van der Waals surface area (Å²) in [5.41, 5.74) is 4.69. The summed E-state index contributed by atoms with van der Waals surface area (Å²) < 4.78 is 21.6. The topological polar surface area (TPSA) is 130 Å². The average Bonchev–Trinajstić information content (AvgIpc) is 3.44. The number of rotatable bonds is 15. The monoisotopic (exact) mass is 540 g/mol. The summed E-state index contributed by atoms with van der Waals surface area (Å²) in [5, 5.41) is 3.20. The highest BCUT2D eigenvalue weighted by Crippen LogP contribution is 2.44. The summed E-state index contributed by atoms with van der Waals surface area (Å²) in [6, 6.07) is 16.3. The lowest BCUT2D eigenvalue weighted by Gasteiger charge is -2.14. The molecule has 0 saturated carbocycles. The molecule has 4 rings (SSSR count). The Morgan fingerprint density at radius 2 is 1.31 bits per heavy atom. The molecule has 11 nitrogen and oxygen atoms in total. The van der Waals surface area contributed by atoms with E-state index in [1.54, 1.807) is 0 Å². The molecule has 1 fully saturated rings. The van der Waals surface area contributed by atoms with Crippen molar-refractivity contribution in [3.05, 3.63) is 59.7 Å². The fraction of sp³-hybridized carbons (Fsp3) is 0.429. The quantitative estimate of drug-likeness (QED) is 0.268. The van der Waals surface area contributed by atoms with E-state index in [1.165, 1.54) is 11.1 Å². The van der Waals surface area contributed by atoms with Crippen molar-refractivity contribution < 1.29 is 43.0 Å². The number of carbonyl (C=O) groups excluding carboxylic acids is 4. The van der Waals surface area contributed by atoms with Crippen LogP contribution in [0.4, 0.5) is 4.79 Å². The van der Waals surface area contributed by atoms with Gasteiger partial charge in [0.05, 0.1) is 46.1 Å². The van der Waals surface area contributed by atoms with Crippen molar-refractivity contribution in [3.8, 4) is 11.1 Å². The zero-order valence-corrected chi connectivity index (χ0v) is 21.6. The van der Waals surface area contributed by atoms with Gasteiger partial charge in [-0.15, -0.1) is 5.06 Å². The SMILES string of the molecule is O=C(CCOCCOCCOCCNC(=O)OCC1c2ccccc2-c2ccccc21)ON1C(=O)CCC1=O. The van der Waals surface area contributed by atoms with Crippen LogP contribution in [0.5, 0.6) is 0 Å². The van der Waals surface area contributed by atoms with E-state index in [-0.39, 0.29) is 45.0 Å². The molecular weight excluding hydrogens is 508 g/mol. The first kappa shape index (κ1) is 28.2. The molecule has 0 bridgehead atoms. The Kier molecular flexibility index (Phi) is 10.4. The van der Waals surface area contributed by atoms with E-state index in [0.717, 1.165) is 11.1 Å². The predicted molar refractivity (Wildman–Crippen MR) is 137 cm³/mol. The lowest BCUT2D eigenvalue weighted by molar-refractivity contribution is -0.198. The van der Waals surface area contributed by atoms with Gasteiger partial charge in [0, 0.05) is 25.3 Å². The molecule has 208 valence electrons. The average molecular weight is 541 g/mol. The van der Waals surface area contributed by atoms with E-state index in [0.29, 0.717) is 38.0 Å². The van der Waals surface area contributed by atoms with Crippen LogP contribution in [-0.4, -0.2) is 81.7 Å². The van der Waals surface area contributed by atoms with Crippen LogP contribution in [0.15, 0.2) is 48.5 Å². The third kappa shape index (κ3) is 7.85. The van der Waals surface area contributed by atoms with Crippen molar-refractivity contribution in [2.24, 2.45) is 0 Å². The molecule has 0 unspecified atom stereocenters. The van der Waals surface area contributed by atoms with Crippen molar-refractivity contribution in [1.82, 2.24) is 10.4 Å². The molecule has 2 aromatic carbocycles. The van der Waals surface area contributed by atoms with Crippen LogP contribution in [0.3, 0.4) is 0 Å². The molecule has 0 radical (unpaired) electrons. The zero-order valence-electron chi connectivity index (χ0n) is 21.6. The van der Waals surface area contributed by atoms with E-state index in [1.807, 2.05) is 24.3 Å². The lowest BCUT2D eigenvalue weighted by Crippen LogP contribution is -2.32. The lowest BCUT2D eigenvalue weighted by atomic mass is 9.98. The maximum Gasteiger partial charge on any atom is 0.407 e. The zero-order chi connectivity index (χ0) is 27.5. The Balaban J connectivity index is 0.974. The minimum atomic E-state index is -0.709. The smallest absolute Gasteiger partial charge is 0.407 e. The molecule has 1 aliphatic carbocycles. The molecule has 3 amide bonds. The highest BCUT2D eigenvalue weighted by Gasteiger charge is 2.32. The van der Waals surface area contributed by atoms with Crippen molar-refractivity contribution in [1.29, 1.82) is 0 Å². The molecule has 1 N–H and O–H groups in total. The Hall–Kier alpha value is -3.80. The summed E-state index contributed by atoms with van der Waals surface area (Å²) in [4.78, 5) is 51.3. The largest absolute Gasteiger partial charge is 0.449 e. The van der Waals surface area contributed by atoms with Gasteiger partial charge in [-0.25, -0.2) is 9.59 Å². The van der Waals surface area contributed by atoms with Crippen LogP contribution in [0.2, 0.25) is 0 Å². The Morgan fingerprint density at radius 3 is 1.92 bits per heavy atom. The van der Waals surface area contributed by atoms with Crippen LogP contribution < -0.4 is 5.32 Å². The minimum Gasteiger partial charge on any atom is -0.449 e. The van der Waals surface area contributed by atoms with Crippen LogP contribution in [0, 0.1) is 0 Å². The number of amides is 3. The van der Waals surface area contributed by atoms with Crippen LogP contribution >= 0.6 is 0 Å². The van der Waals surface area contributed by atoms with Gasteiger partial charge >= 0.3 is 12.1 Å². The van der Waals surface area contributed by atoms with E-state index < -0.39 is 23.9 Å². The summed E-state index contributed by atoms with van der Waals surface area (Å²) in [6.07, 6.45) is -0.467. The standard InChI is InChI=1S/C28H32N2O9/c31-25-9-10-26(32)30(25)39-27(33)11-13-35-15-17-37-18-16-36-14-12-29-28(34)38-19-24-22-7-3-1-5-20(22)21-6-2-4-8-23(21)24/h1-8,24H,9-19H2,(H,29,34). The fourth-order valence-corrected chi connectivity index (χ4v) is 4.38. The van der Waals surface area contributed by atoms with Gasteiger partial charge < -0.3 is 29.1 Å². The molecule has 1 aliphatic heterocycles. The van der Waals surface area contributed by atoms with Crippen molar-refractivity contribution >= 4 is 23.9 Å². The highest BCUT2D eigenvalue weighted by molar-refractivity contribution is 6.01. The summed E-state index contributed by atoms with van der Waals surface area (Å²) >= 11 is 0. The second-order valence-electron chi connectivity index (χ2n) is 8.88. The number of alkyl carbamates (subject to hydrolysis) is 1. The van der Waals surface area contributed by atoms with Gasteiger partial charge in [-0.3, -0.25) is 9.59 Å². The number of fused-ring (bicyclic) bond motifs is 3. The molecule has 0 atom stereocenters. The Morgan fingerprint density at radius 1 is 0.769 bits per heavy atom. The van der Waals surface area contributed by atoms with Crippen molar-refractivity contribution in [2.75, 3.05) is 52.8 Å². The molecule has 0 spiro atoms. The van der Waals surface area contributed by atoms with Crippen LogP contribution in [0.1, 0.15) is 36.3 Å². The summed E-state index contributed by atoms with van der Waals surface area (Å²) in [5.74, 6) is -1.73. The van der Waals surface area contributed by atoms with E-state index in [2.05, 4.69) is 29.6 Å². The van der Waals surface area contributed by atoms with Gasteiger partial charge in [0.2, 0.25) is 0 Å². The van der Waals surface area contributed by atoms with Gasteiger partial charge in [0.1, 0.15) is 6.61 Å². The second kappa shape index (κ2) is 14.4. The first-order valence-electron chi connectivity index (χ1n) is 12.9. The van der Waals surface area contributed by atoms with Crippen LogP contribution in [0.25, 0.3) is 11.1 Å². The molecule has 2 aromatic rings. The molecule has 1 saturated heterocycles. The van der Waals surface area contributed by atoms with Gasteiger partial charge in [-0.1, -0.05) is 48.5 Å². The first-order valence-corrected chi connectivity index (χ1v) is 12.9. The van der Waals surface area contributed by atoms with Gasteiger partial charge in [0.15, 0.2) is 0 Å². The number of nitrogens with zero attached hydrogens (tertiary/aromatic N) is 1. The van der Waals surface area contributed by atoms with E-state index in [9.17, 15) is 19.2 Å². The molecule has 11 heteroatoms. The fourth-order valence-electron chi connectivity index (χ4n) is 4.38. The molecule has 2 aliphatic rings. The normalized spacial score (nSPS) is 14.3. The van der Waals surface area contributed by atoms with Crippen molar-refractivity contribution in [3.63, 3.8) is 0 Å². The third-order valence-electron chi connectivity index (χ3n) is 6.25. The number of benzene rings is 2. The molecular formula is C28H32N2O9. The number of nitrogens with one attached hydrogen (secondary N) is 1. The van der Waals surface area contributed by atoms with Gasteiger partial charge in [-0.2, -0.15) is 0 Å². The van der Waals surface area contributed by atoms with Crippen LogP contribution in [-0.2, 0) is 38.2 Å². The maximum atomic E-state index is 12.2.